The highest BCUT2D eigenvalue weighted by molar-refractivity contribution is 9.10. The highest BCUT2D eigenvalue weighted by Crippen LogP contribution is 2.15. The third kappa shape index (κ3) is 5.83. The molecule has 0 heterocycles. The van der Waals surface area contributed by atoms with Crippen LogP contribution in [0.4, 0.5) is 0 Å². The molecule has 6 heteroatoms. The summed E-state index contributed by atoms with van der Waals surface area (Å²) < 4.78 is 0.681. The van der Waals surface area contributed by atoms with E-state index in [4.69, 9.17) is 0 Å². The summed E-state index contributed by atoms with van der Waals surface area (Å²) in [4.78, 5) is 24.0. The third-order valence-corrected chi connectivity index (χ3v) is 4.13. The largest absolute Gasteiger partial charge is 0.343 e. The van der Waals surface area contributed by atoms with Gasteiger partial charge < -0.3 is 5.32 Å². The van der Waals surface area contributed by atoms with E-state index < -0.39 is 0 Å². The average molecular weight is 402 g/mol. The molecule has 0 aromatic heterocycles. The van der Waals surface area contributed by atoms with Gasteiger partial charge in [-0.25, -0.2) is 5.43 Å². The Hall–Kier alpha value is -2.47. The van der Waals surface area contributed by atoms with E-state index in [9.17, 15) is 9.59 Å². The van der Waals surface area contributed by atoms with Crippen molar-refractivity contribution in [2.75, 3.05) is 6.54 Å². The van der Waals surface area contributed by atoms with E-state index in [0.29, 0.717) is 10.0 Å². The van der Waals surface area contributed by atoms with Crippen molar-refractivity contribution in [2.45, 2.75) is 19.8 Å². The van der Waals surface area contributed by atoms with Crippen LogP contribution in [0, 0.1) is 0 Å². The highest BCUT2D eigenvalue weighted by Gasteiger charge is 2.10. The molecule has 2 rings (SSSR count). The minimum absolute atomic E-state index is 0.141. The Morgan fingerprint density at radius 1 is 1.04 bits per heavy atom. The van der Waals surface area contributed by atoms with E-state index in [1.807, 2.05) is 36.4 Å². The molecule has 0 spiro atoms. The molecule has 0 aliphatic carbocycles. The van der Waals surface area contributed by atoms with Gasteiger partial charge in [-0.3, -0.25) is 9.59 Å². The minimum Gasteiger partial charge on any atom is -0.343 e. The number of carbonyl (C=O) groups excluding carboxylic acids is 2. The first kappa shape index (κ1) is 18.9. The molecule has 0 atom stereocenters. The van der Waals surface area contributed by atoms with Gasteiger partial charge in [-0.2, -0.15) is 5.10 Å². The Labute approximate surface area is 155 Å². The second-order valence-corrected chi connectivity index (χ2v) is 6.23. The number of halogens is 1. The molecule has 0 bridgehead atoms. The van der Waals surface area contributed by atoms with Gasteiger partial charge in [-0.05, 0) is 40.0 Å². The van der Waals surface area contributed by atoms with Crippen LogP contribution in [0.2, 0.25) is 0 Å². The summed E-state index contributed by atoms with van der Waals surface area (Å²) in [5.74, 6) is -0.687. The van der Waals surface area contributed by atoms with Crippen LogP contribution < -0.4 is 10.7 Å². The summed E-state index contributed by atoms with van der Waals surface area (Å²) in [5.41, 5.74) is 4.78. The standard InChI is InChI=1S/C19H20BrN3O2/c1-2-8-17(14-9-4-3-5-10-14)22-23-18(24)13-21-19(25)15-11-6-7-12-16(15)20/h3-7,9-12H,2,8,13H2,1H3,(H,21,25)(H,23,24)/b22-17+. The number of hydrazone groups is 1. The van der Waals surface area contributed by atoms with Crippen LogP contribution in [0.5, 0.6) is 0 Å². The monoisotopic (exact) mass is 401 g/mol. The van der Waals surface area contributed by atoms with Gasteiger partial charge in [0.1, 0.15) is 0 Å². The number of carbonyl (C=O) groups is 2. The maximum atomic E-state index is 12.1. The summed E-state index contributed by atoms with van der Waals surface area (Å²) in [6, 6.07) is 16.7. The number of benzene rings is 2. The van der Waals surface area contributed by atoms with E-state index >= 15 is 0 Å². The molecule has 0 unspecified atom stereocenters. The van der Waals surface area contributed by atoms with Gasteiger partial charge in [0.25, 0.3) is 11.8 Å². The van der Waals surface area contributed by atoms with E-state index in [1.165, 1.54) is 0 Å². The summed E-state index contributed by atoms with van der Waals surface area (Å²) in [5, 5.41) is 6.79. The fraction of sp³-hybridized carbons (Fsp3) is 0.211. The van der Waals surface area contributed by atoms with Gasteiger partial charge in [-0.15, -0.1) is 0 Å². The van der Waals surface area contributed by atoms with E-state index in [0.717, 1.165) is 24.1 Å². The molecule has 0 fully saturated rings. The average Bonchev–Trinajstić information content (AvgIpc) is 2.64. The fourth-order valence-corrected chi connectivity index (χ4v) is 2.67. The van der Waals surface area contributed by atoms with Gasteiger partial charge >= 0.3 is 0 Å². The first-order chi connectivity index (χ1) is 12.1. The first-order valence-corrected chi connectivity index (χ1v) is 8.84. The third-order valence-electron chi connectivity index (χ3n) is 3.44. The quantitative estimate of drug-likeness (QED) is 0.550. The van der Waals surface area contributed by atoms with Crippen molar-refractivity contribution in [1.29, 1.82) is 0 Å². The zero-order valence-electron chi connectivity index (χ0n) is 14.0. The SMILES string of the molecule is CCC/C(=N\NC(=O)CNC(=O)c1ccccc1Br)c1ccccc1. The molecule has 2 amide bonds. The lowest BCUT2D eigenvalue weighted by Gasteiger charge is -2.08. The van der Waals surface area contributed by atoms with Crippen LogP contribution in [-0.2, 0) is 4.79 Å². The summed E-state index contributed by atoms with van der Waals surface area (Å²) in [6.07, 6.45) is 1.68. The Kier molecular flexibility index (Phi) is 7.35. The molecular formula is C19H20BrN3O2. The van der Waals surface area contributed by atoms with Crippen molar-refractivity contribution in [2.24, 2.45) is 5.10 Å². The van der Waals surface area contributed by atoms with Gasteiger partial charge in [0.2, 0.25) is 0 Å². The van der Waals surface area contributed by atoms with Crippen LogP contribution in [0.3, 0.4) is 0 Å². The molecule has 130 valence electrons. The first-order valence-electron chi connectivity index (χ1n) is 8.05. The number of hydrogen-bond donors (Lipinski definition) is 2. The fourth-order valence-electron chi connectivity index (χ4n) is 2.20. The molecule has 5 nitrogen and oxygen atoms in total. The molecule has 25 heavy (non-hydrogen) atoms. The van der Waals surface area contributed by atoms with Crippen LogP contribution in [-0.4, -0.2) is 24.1 Å². The second-order valence-electron chi connectivity index (χ2n) is 5.37. The number of nitrogens with zero attached hydrogens (tertiary/aromatic N) is 1. The van der Waals surface area contributed by atoms with Gasteiger partial charge in [0.05, 0.1) is 17.8 Å². The number of rotatable bonds is 7. The molecule has 0 aliphatic heterocycles. The normalized spacial score (nSPS) is 11.0. The lowest BCUT2D eigenvalue weighted by atomic mass is 10.1. The van der Waals surface area contributed by atoms with Gasteiger partial charge in [0, 0.05) is 4.47 Å². The van der Waals surface area contributed by atoms with Crippen LogP contribution in [0.1, 0.15) is 35.7 Å². The Morgan fingerprint density at radius 3 is 2.40 bits per heavy atom. The highest BCUT2D eigenvalue weighted by atomic mass is 79.9. The summed E-state index contributed by atoms with van der Waals surface area (Å²) in [6.45, 7) is 1.91. The molecule has 0 saturated heterocycles. The predicted octanol–water partition coefficient (Wildman–Crippen LogP) is 3.50. The van der Waals surface area contributed by atoms with Crippen molar-refractivity contribution >= 4 is 33.5 Å². The predicted molar refractivity (Wildman–Crippen MR) is 103 cm³/mol. The zero-order valence-corrected chi connectivity index (χ0v) is 15.5. The molecule has 0 saturated carbocycles. The summed E-state index contributed by atoms with van der Waals surface area (Å²) in [7, 11) is 0. The molecule has 2 aromatic carbocycles. The van der Waals surface area contributed by atoms with Crippen LogP contribution in [0.15, 0.2) is 64.2 Å². The van der Waals surface area contributed by atoms with Crippen LogP contribution >= 0.6 is 15.9 Å². The topological polar surface area (TPSA) is 70.6 Å². The maximum Gasteiger partial charge on any atom is 0.259 e. The maximum absolute atomic E-state index is 12.1. The molecular weight excluding hydrogens is 382 g/mol. The minimum atomic E-state index is -0.370. The van der Waals surface area contributed by atoms with E-state index in [2.05, 4.69) is 38.7 Å². The Balaban J connectivity index is 1.92. The molecule has 2 N–H and O–H groups in total. The molecule has 2 aromatic rings. The van der Waals surface area contributed by atoms with E-state index in [-0.39, 0.29) is 18.4 Å². The van der Waals surface area contributed by atoms with Crippen molar-refractivity contribution in [3.63, 3.8) is 0 Å². The van der Waals surface area contributed by atoms with Crippen molar-refractivity contribution < 1.29 is 9.59 Å². The van der Waals surface area contributed by atoms with Crippen molar-refractivity contribution in [3.8, 4) is 0 Å². The van der Waals surface area contributed by atoms with E-state index in [1.54, 1.807) is 18.2 Å². The van der Waals surface area contributed by atoms with Crippen LogP contribution in [0.25, 0.3) is 0 Å². The van der Waals surface area contributed by atoms with Gasteiger partial charge in [0.15, 0.2) is 0 Å². The smallest absolute Gasteiger partial charge is 0.259 e. The number of hydrogen-bond acceptors (Lipinski definition) is 3. The molecule has 0 radical (unpaired) electrons. The number of amides is 2. The number of nitrogens with one attached hydrogen (secondary N) is 2. The van der Waals surface area contributed by atoms with Gasteiger partial charge in [-0.1, -0.05) is 55.8 Å². The lowest BCUT2D eigenvalue weighted by Crippen LogP contribution is -2.35. The van der Waals surface area contributed by atoms with Crippen molar-refractivity contribution in [3.05, 3.63) is 70.2 Å². The zero-order chi connectivity index (χ0) is 18.1. The second kappa shape index (κ2) is 9.74. The van der Waals surface area contributed by atoms with Crippen molar-refractivity contribution in [1.82, 2.24) is 10.7 Å². The molecule has 0 aliphatic rings. The summed E-state index contributed by atoms with van der Waals surface area (Å²) >= 11 is 3.31. The Bertz CT molecular complexity index is 760. The Morgan fingerprint density at radius 2 is 1.72 bits per heavy atom. The lowest BCUT2D eigenvalue weighted by molar-refractivity contribution is -0.120.